The van der Waals surface area contributed by atoms with Crippen LogP contribution in [0, 0.1) is 23.6 Å². The fraction of sp³-hybridized carbons (Fsp3) is 0.636. The lowest BCUT2D eigenvalue weighted by Crippen LogP contribution is -2.35. The van der Waals surface area contributed by atoms with E-state index in [1.165, 1.54) is 30.4 Å². The monoisotopic (exact) mass is 449 g/mol. The van der Waals surface area contributed by atoms with Crippen molar-refractivity contribution in [1.82, 2.24) is 14.7 Å². The van der Waals surface area contributed by atoms with Gasteiger partial charge in [-0.25, -0.2) is 13.1 Å². The van der Waals surface area contributed by atoms with Crippen molar-refractivity contribution < 1.29 is 12.8 Å². The molecule has 30 heavy (non-hydrogen) atoms. The van der Waals surface area contributed by atoms with E-state index >= 15 is 0 Å². The summed E-state index contributed by atoms with van der Waals surface area (Å²) < 4.78 is 30.7. The first kappa shape index (κ1) is 21.7. The SMILES string of the molecule is Cc1ccc(CCC2CCN(Cn3nc(CC4CCS(=O)(=O)C4)oc3=S)CC2)cc1. The van der Waals surface area contributed by atoms with E-state index in [0.29, 0.717) is 30.2 Å². The van der Waals surface area contributed by atoms with Gasteiger partial charge in [0.05, 0.1) is 18.2 Å². The second-order valence-corrected chi connectivity index (χ2v) is 11.5. The van der Waals surface area contributed by atoms with E-state index in [4.69, 9.17) is 16.6 Å². The van der Waals surface area contributed by atoms with Crippen molar-refractivity contribution in [2.75, 3.05) is 24.6 Å². The maximum atomic E-state index is 11.6. The van der Waals surface area contributed by atoms with Crippen LogP contribution in [0.4, 0.5) is 0 Å². The fourth-order valence-electron chi connectivity index (χ4n) is 4.53. The van der Waals surface area contributed by atoms with Crippen LogP contribution in [-0.4, -0.2) is 47.7 Å². The highest BCUT2D eigenvalue weighted by Crippen LogP contribution is 2.24. The first-order valence-electron chi connectivity index (χ1n) is 10.9. The Bertz CT molecular complexity index is 1000. The Labute approximate surface area is 184 Å². The molecule has 0 bridgehead atoms. The van der Waals surface area contributed by atoms with E-state index in [0.717, 1.165) is 25.4 Å². The zero-order chi connectivity index (χ0) is 21.1. The summed E-state index contributed by atoms with van der Waals surface area (Å²) in [5, 5.41) is 4.53. The second-order valence-electron chi connectivity index (χ2n) is 8.96. The Kier molecular flexibility index (Phi) is 6.75. The molecule has 0 saturated carbocycles. The van der Waals surface area contributed by atoms with Crippen molar-refractivity contribution in [3.63, 3.8) is 0 Å². The Morgan fingerprint density at radius 2 is 1.87 bits per heavy atom. The third-order valence-corrected chi connectivity index (χ3v) is 8.57. The summed E-state index contributed by atoms with van der Waals surface area (Å²) in [5.74, 6) is 1.94. The molecule has 2 aliphatic heterocycles. The predicted octanol–water partition coefficient (Wildman–Crippen LogP) is 3.79. The van der Waals surface area contributed by atoms with Crippen LogP contribution in [0.2, 0.25) is 0 Å². The number of benzene rings is 1. The van der Waals surface area contributed by atoms with Gasteiger partial charge in [0.15, 0.2) is 9.84 Å². The molecule has 8 heteroatoms. The average Bonchev–Trinajstić information content (AvgIpc) is 3.23. The van der Waals surface area contributed by atoms with Gasteiger partial charge in [-0.05, 0) is 68.6 Å². The maximum Gasteiger partial charge on any atom is 0.288 e. The zero-order valence-electron chi connectivity index (χ0n) is 17.6. The molecule has 6 nitrogen and oxygen atoms in total. The molecule has 0 N–H and O–H groups in total. The summed E-state index contributed by atoms with van der Waals surface area (Å²) in [7, 11) is -2.88. The van der Waals surface area contributed by atoms with Gasteiger partial charge < -0.3 is 4.42 Å². The molecular formula is C22H31N3O3S2. The molecule has 164 valence electrons. The number of aromatic nitrogens is 2. The molecule has 2 aromatic rings. The largest absolute Gasteiger partial charge is 0.414 e. The third kappa shape index (κ3) is 5.80. The van der Waals surface area contributed by atoms with E-state index in [1.54, 1.807) is 4.68 Å². The van der Waals surface area contributed by atoms with Gasteiger partial charge in [0, 0.05) is 19.5 Å². The number of hydrogen-bond donors (Lipinski definition) is 0. The van der Waals surface area contributed by atoms with Crippen LogP contribution < -0.4 is 0 Å². The topological polar surface area (TPSA) is 68.3 Å². The van der Waals surface area contributed by atoms with Gasteiger partial charge in [-0.3, -0.25) is 4.90 Å². The molecule has 2 aliphatic rings. The fourth-order valence-corrected chi connectivity index (χ4v) is 6.59. The van der Waals surface area contributed by atoms with Crippen LogP contribution >= 0.6 is 12.2 Å². The highest BCUT2D eigenvalue weighted by molar-refractivity contribution is 7.91. The molecule has 3 heterocycles. The summed E-state index contributed by atoms with van der Waals surface area (Å²) in [6, 6.07) is 8.88. The first-order valence-corrected chi connectivity index (χ1v) is 13.1. The average molecular weight is 450 g/mol. The number of piperidine rings is 1. The van der Waals surface area contributed by atoms with Gasteiger partial charge in [-0.15, -0.1) is 5.10 Å². The van der Waals surface area contributed by atoms with Crippen molar-refractivity contribution >= 4 is 22.1 Å². The van der Waals surface area contributed by atoms with E-state index in [9.17, 15) is 8.42 Å². The zero-order valence-corrected chi connectivity index (χ0v) is 19.3. The minimum absolute atomic E-state index is 0.0979. The predicted molar refractivity (Wildman–Crippen MR) is 120 cm³/mol. The Morgan fingerprint density at radius 3 is 2.53 bits per heavy atom. The van der Waals surface area contributed by atoms with Crippen LogP contribution in [0.25, 0.3) is 0 Å². The number of rotatable bonds is 7. The maximum absolute atomic E-state index is 11.6. The molecule has 0 radical (unpaired) electrons. The van der Waals surface area contributed by atoms with Crippen molar-refractivity contribution in [2.45, 2.75) is 52.1 Å². The molecule has 2 saturated heterocycles. The van der Waals surface area contributed by atoms with Crippen molar-refractivity contribution in [1.29, 1.82) is 0 Å². The van der Waals surface area contributed by atoms with E-state index in [-0.39, 0.29) is 17.4 Å². The highest BCUT2D eigenvalue weighted by Gasteiger charge is 2.29. The second kappa shape index (κ2) is 9.32. The highest BCUT2D eigenvalue weighted by atomic mass is 32.2. The van der Waals surface area contributed by atoms with Crippen LogP contribution in [-0.2, 0) is 29.3 Å². The number of nitrogens with zero attached hydrogens (tertiary/aromatic N) is 3. The molecule has 1 aromatic heterocycles. The molecule has 1 unspecified atom stereocenters. The summed E-state index contributed by atoms with van der Waals surface area (Å²) in [6.07, 6.45) is 6.03. The van der Waals surface area contributed by atoms with Crippen molar-refractivity contribution in [2.24, 2.45) is 11.8 Å². The van der Waals surface area contributed by atoms with Crippen LogP contribution in [0.15, 0.2) is 28.7 Å². The number of likely N-dealkylation sites (tertiary alicyclic amines) is 1. The van der Waals surface area contributed by atoms with Gasteiger partial charge in [-0.2, -0.15) is 0 Å². The molecule has 2 fully saturated rings. The lowest BCUT2D eigenvalue weighted by atomic mass is 9.90. The summed E-state index contributed by atoms with van der Waals surface area (Å²) >= 11 is 5.34. The summed E-state index contributed by atoms with van der Waals surface area (Å²) in [4.78, 5) is 2.76. The lowest BCUT2D eigenvalue weighted by molar-refractivity contribution is 0.135. The summed E-state index contributed by atoms with van der Waals surface area (Å²) in [5.41, 5.74) is 2.74. The lowest BCUT2D eigenvalue weighted by Gasteiger charge is -2.31. The van der Waals surface area contributed by atoms with E-state index in [1.807, 2.05) is 0 Å². The Hall–Kier alpha value is -1.51. The van der Waals surface area contributed by atoms with E-state index in [2.05, 4.69) is 41.2 Å². The number of hydrogen-bond acceptors (Lipinski definition) is 6. The van der Waals surface area contributed by atoms with Crippen molar-refractivity contribution in [3.8, 4) is 0 Å². The van der Waals surface area contributed by atoms with Gasteiger partial charge in [0.1, 0.15) is 0 Å². The molecule has 1 atom stereocenters. The number of sulfone groups is 1. The molecule has 0 aliphatic carbocycles. The van der Waals surface area contributed by atoms with Gasteiger partial charge in [0.25, 0.3) is 4.84 Å². The van der Waals surface area contributed by atoms with Gasteiger partial charge >= 0.3 is 0 Å². The quantitative estimate of drug-likeness (QED) is 0.599. The van der Waals surface area contributed by atoms with Crippen LogP contribution in [0.3, 0.4) is 0 Å². The third-order valence-electron chi connectivity index (χ3n) is 6.44. The molecule has 1 aromatic carbocycles. The summed E-state index contributed by atoms with van der Waals surface area (Å²) in [6.45, 7) is 4.87. The van der Waals surface area contributed by atoms with Gasteiger partial charge in [-0.1, -0.05) is 29.8 Å². The molecule has 0 spiro atoms. The van der Waals surface area contributed by atoms with Gasteiger partial charge in [0.2, 0.25) is 5.89 Å². The van der Waals surface area contributed by atoms with Crippen LogP contribution in [0.5, 0.6) is 0 Å². The normalized spacial score (nSPS) is 22.5. The molecule has 4 rings (SSSR count). The molecule has 0 amide bonds. The number of aryl methyl sites for hydroxylation is 2. The molecular weight excluding hydrogens is 418 g/mol. The van der Waals surface area contributed by atoms with Crippen molar-refractivity contribution in [3.05, 3.63) is 46.1 Å². The standard InChI is InChI=1S/C22H31N3O3S2/c1-17-2-4-18(5-3-17)6-7-19-8-11-24(12-9-19)16-25-22(29)28-21(23-25)14-20-10-13-30(26,27)15-20/h2-5,19-20H,6-16H2,1H3. The minimum atomic E-state index is -2.88. The van der Waals surface area contributed by atoms with E-state index < -0.39 is 9.84 Å². The Balaban J connectivity index is 1.23. The smallest absolute Gasteiger partial charge is 0.288 e. The van der Waals surface area contributed by atoms with Crippen LogP contribution in [0.1, 0.15) is 42.7 Å². The Morgan fingerprint density at radius 1 is 1.13 bits per heavy atom. The minimum Gasteiger partial charge on any atom is -0.414 e. The first-order chi connectivity index (χ1) is 14.4.